The van der Waals surface area contributed by atoms with Crippen molar-refractivity contribution in [3.63, 3.8) is 0 Å². The molecule has 0 aliphatic rings. The van der Waals surface area contributed by atoms with E-state index in [1.165, 1.54) is 11.1 Å². The Labute approximate surface area is 436 Å². The quantitative estimate of drug-likeness (QED) is 0.150. The molecule has 0 saturated carbocycles. The van der Waals surface area contributed by atoms with Crippen LogP contribution in [0.15, 0.2) is 218 Å². The van der Waals surface area contributed by atoms with E-state index in [-0.39, 0.29) is 0 Å². The molecule has 0 radical (unpaired) electrons. The standard InChI is InChI=1S/C69H47N3O4/c1-39(2)41-19-25-47(26-20-41)71(58-15-9-13-53-51-11-5-7-17-60(51)75-68(53)58)49-29-23-43-33-55-62(35-45(43)31-49)73-64-37-65-67(57(38-70)66(55)64)56-34-44-24-30-50(32-46(44)36-63(56)74-65)72(48-27-21-42(22-28-48)40(3)4)59-16-10-14-54-52-12-6-8-18-61(52)76-69(54)59/h5-37,39-40H,1-4H3. The highest BCUT2D eigenvalue weighted by atomic mass is 16.3. The minimum atomic E-state index is 0.402. The molecule has 0 aliphatic carbocycles. The lowest BCUT2D eigenvalue weighted by molar-refractivity contribution is 0.656. The smallest absolute Gasteiger partial charge is 0.159 e. The summed E-state index contributed by atoms with van der Waals surface area (Å²) in [5, 5.41) is 22.8. The molecule has 15 rings (SSSR count). The molecule has 362 valence electrons. The average Bonchev–Trinajstić information content (AvgIpc) is 4.27. The van der Waals surface area contributed by atoms with Gasteiger partial charge in [-0.15, -0.1) is 0 Å². The number of nitriles is 1. The van der Waals surface area contributed by atoms with E-state index in [0.29, 0.717) is 39.7 Å². The molecule has 0 amide bonds. The van der Waals surface area contributed by atoms with Gasteiger partial charge in [0.15, 0.2) is 11.2 Å². The maximum absolute atomic E-state index is 11.1. The van der Waals surface area contributed by atoms with Crippen molar-refractivity contribution in [1.29, 1.82) is 5.26 Å². The van der Waals surface area contributed by atoms with E-state index in [1.807, 2.05) is 30.3 Å². The van der Waals surface area contributed by atoms with Crippen LogP contribution in [0.5, 0.6) is 0 Å². The summed E-state index contributed by atoms with van der Waals surface area (Å²) in [6.07, 6.45) is 0. The van der Waals surface area contributed by atoms with Crippen LogP contribution >= 0.6 is 0 Å². The van der Waals surface area contributed by atoms with Crippen LogP contribution in [-0.2, 0) is 0 Å². The van der Waals surface area contributed by atoms with Gasteiger partial charge >= 0.3 is 0 Å². The SMILES string of the molecule is CC(C)c1ccc(N(c2ccc3cc4c(cc3c2)oc2cc3oc5cc6cc(N(c7ccc(C(C)C)cc7)c7cccc8c7oc7ccccc78)ccc6cc5c3c(C#N)c24)c2cccc3c2oc2ccccc23)cc1. The summed E-state index contributed by atoms with van der Waals surface area (Å²) in [4.78, 5) is 4.55. The second-order valence-electron chi connectivity index (χ2n) is 20.7. The van der Waals surface area contributed by atoms with Crippen LogP contribution in [0.3, 0.4) is 0 Å². The summed E-state index contributed by atoms with van der Waals surface area (Å²) < 4.78 is 26.7. The second kappa shape index (κ2) is 16.6. The number of para-hydroxylation sites is 4. The zero-order valence-corrected chi connectivity index (χ0v) is 42.2. The first-order valence-electron chi connectivity index (χ1n) is 26.0. The zero-order chi connectivity index (χ0) is 50.9. The molecule has 0 N–H and O–H groups in total. The maximum Gasteiger partial charge on any atom is 0.159 e. The van der Waals surface area contributed by atoms with Crippen LogP contribution in [0.2, 0.25) is 0 Å². The van der Waals surface area contributed by atoms with Crippen molar-refractivity contribution in [2.75, 3.05) is 9.80 Å². The van der Waals surface area contributed by atoms with Crippen LogP contribution in [0, 0.1) is 11.3 Å². The summed E-state index contributed by atoms with van der Waals surface area (Å²) >= 11 is 0. The Kier molecular flexibility index (Phi) is 9.58. The van der Waals surface area contributed by atoms with Crippen molar-refractivity contribution in [1.82, 2.24) is 0 Å². The number of rotatable bonds is 8. The molecule has 0 spiro atoms. The zero-order valence-electron chi connectivity index (χ0n) is 42.2. The number of nitrogens with zero attached hydrogens (tertiary/aromatic N) is 3. The molecule has 0 fully saturated rings. The van der Waals surface area contributed by atoms with Gasteiger partial charge in [0.2, 0.25) is 0 Å². The molecular formula is C69H47N3O4. The molecule has 0 aliphatic heterocycles. The van der Waals surface area contributed by atoms with Gasteiger partial charge in [-0.25, -0.2) is 0 Å². The number of hydrogen-bond acceptors (Lipinski definition) is 7. The number of anilines is 6. The molecule has 4 aromatic heterocycles. The van der Waals surface area contributed by atoms with E-state index in [0.717, 1.165) is 121 Å². The van der Waals surface area contributed by atoms with Crippen molar-refractivity contribution in [2.24, 2.45) is 0 Å². The molecule has 76 heavy (non-hydrogen) atoms. The second-order valence-corrected chi connectivity index (χ2v) is 20.7. The third kappa shape index (κ3) is 6.67. The highest BCUT2D eigenvalue weighted by Crippen LogP contribution is 2.47. The average molecular weight is 982 g/mol. The lowest BCUT2D eigenvalue weighted by atomic mass is 9.98. The first kappa shape index (κ1) is 43.8. The predicted molar refractivity (Wildman–Crippen MR) is 313 cm³/mol. The molecule has 7 heteroatoms. The van der Waals surface area contributed by atoms with Gasteiger partial charge in [-0.05, 0) is 142 Å². The van der Waals surface area contributed by atoms with Gasteiger partial charge in [0.25, 0.3) is 0 Å². The fraction of sp³-hybridized carbons (Fsp3) is 0.0870. The minimum Gasteiger partial charge on any atom is -0.456 e. The van der Waals surface area contributed by atoms with Gasteiger partial charge in [0.05, 0.1) is 16.9 Å². The summed E-state index contributed by atoms with van der Waals surface area (Å²) in [5.74, 6) is 0.805. The lowest BCUT2D eigenvalue weighted by Crippen LogP contribution is -2.10. The van der Waals surface area contributed by atoms with Crippen LogP contribution < -0.4 is 9.80 Å². The van der Waals surface area contributed by atoms with E-state index in [2.05, 4.69) is 213 Å². The first-order chi connectivity index (χ1) is 37.2. The molecule has 0 unspecified atom stereocenters. The lowest BCUT2D eigenvalue weighted by Gasteiger charge is -2.26. The number of furan rings is 4. The van der Waals surface area contributed by atoms with Crippen molar-refractivity contribution in [3.05, 3.63) is 217 Å². The Hall–Kier alpha value is -9.77. The predicted octanol–water partition coefficient (Wildman–Crippen LogP) is 20.6. The number of hydrogen-bond donors (Lipinski definition) is 0. The molecule has 0 bridgehead atoms. The molecule has 0 saturated heterocycles. The summed E-state index contributed by atoms with van der Waals surface area (Å²) in [7, 11) is 0. The summed E-state index contributed by atoms with van der Waals surface area (Å²) in [5.41, 5.74) is 14.9. The van der Waals surface area contributed by atoms with Gasteiger partial charge < -0.3 is 27.5 Å². The fourth-order valence-electron chi connectivity index (χ4n) is 11.7. The highest BCUT2D eigenvalue weighted by molar-refractivity contribution is 6.22. The first-order valence-corrected chi connectivity index (χ1v) is 26.0. The Morgan fingerprint density at radius 2 is 0.763 bits per heavy atom. The van der Waals surface area contributed by atoms with Gasteiger partial charge in [-0.1, -0.05) is 125 Å². The molecule has 7 nitrogen and oxygen atoms in total. The molecule has 4 heterocycles. The van der Waals surface area contributed by atoms with E-state index >= 15 is 0 Å². The fourth-order valence-corrected chi connectivity index (χ4v) is 11.7. The van der Waals surface area contributed by atoms with E-state index in [4.69, 9.17) is 17.7 Å². The molecule has 15 aromatic rings. The van der Waals surface area contributed by atoms with E-state index in [9.17, 15) is 5.26 Å². The largest absolute Gasteiger partial charge is 0.456 e. The third-order valence-corrected chi connectivity index (χ3v) is 15.6. The molecule has 11 aromatic carbocycles. The number of fused-ring (bicyclic) bond motifs is 14. The highest BCUT2D eigenvalue weighted by Gasteiger charge is 2.25. The molecule has 0 atom stereocenters. The van der Waals surface area contributed by atoms with Crippen LogP contribution in [0.25, 0.3) is 109 Å². The van der Waals surface area contributed by atoms with Crippen molar-refractivity contribution >= 4 is 143 Å². The molecular weight excluding hydrogens is 935 g/mol. The van der Waals surface area contributed by atoms with Crippen molar-refractivity contribution < 1.29 is 17.7 Å². The van der Waals surface area contributed by atoms with Gasteiger partial charge in [-0.2, -0.15) is 5.26 Å². The van der Waals surface area contributed by atoms with Crippen LogP contribution in [0.4, 0.5) is 34.1 Å². The third-order valence-electron chi connectivity index (χ3n) is 15.6. The van der Waals surface area contributed by atoms with E-state index in [1.54, 1.807) is 0 Å². The topological polar surface area (TPSA) is 82.8 Å². The summed E-state index contributed by atoms with van der Waals surface area (Å²) in [6, 6.07) is 72.9. The van der Waals surface area contributed by atoms with Crippen molar-refractivity contribution in [3.8, 4) is 6.07 Å². The van der Waals surface area contributed by atoms with Gasteiger partial charge in [-0.3, -0.25) is 0 Å². The van der Waals surface area contributed by atoms with Crippen LogP contribution in [0.1, 0.15) is 56.2 Å². The Balaban J connectivity index is 0.855. The van der Waals surface area contributed by atoms with Gasteiger partial charge in [0.1, 0.15) is 39.6 Å². The van der Waals surface area contributed by atoms with Gasteiger partial charge in [0, 0.05) is 71.9 Å². The Morgan fingerprint density at radius 3 is 1.20 bits per heavy atom. The van der Waals surface area contributed by atoms with Crippen LogP contribution in [-0.4, -0.2) is 0 Å². The Morgan fingerprint density at radius 1 is 0.342 bits per heavy atom. The monoisotopic (exact) mass is 981 g/mol. The maximum atomic E-state index is 11.1. The normalized spacial score (nSPS) is 12.2. The summed E-state index contributed by atoms with van der Waals surface area (Å²) in [6.45, 7) is 8.86. The minimum absolute atomic E-state index is 0.402. The van der Waals surface area contributed by atoms with E-state index < -0.39 is 0 Å². The Bertz CT molecular complexity index is 4610. The van der Waals surface area contributed by atoms with Crippen molar-refractivity contribution in [2.45, 2.75) is 39.5 Å². The number of benzene rings is 11.